The molecule has 0 saturated heterocycles. The highest BCUT2D eigenvalue weighted by Crippen LogP contribution is 2.37. The number of hydrogen-bond acceptors (Lipinski definition) is 6. The van der Waals surface area contributed by atoms with Crippen molar-refractivity contribution in [2.75, 3.05) is 25.3 Å². The first kappa shape index (κ1) is 20.8. The number of amides is 2. The van der Waals surface area contributed by atoms with Gasteiger partial charge in [-0.05, 0) is 42.2 Å². The Hall–Kier alpha value is -3.48. The molecule has 2 amide bonds. The van der Waals surface area contributed by atoms with E-state index in [-0.39, 0.29) is 30.2 Å². The third-order valence-corrected chi connectivity index (χ3v) is 4.97. The van der Waals surface area contributed by atoms with Crippen LogP contribution in [0.5, 0.6) is 17.2 Å². The Morgan fingerprint density at radius 2 is 1.77 bits per heavy atom. The molecule has 2 aliphatic heterocycles. The third-order valence-electron chi connectivity index (χ3n) is 4.97. The number of hydrogen-bond donors (Lipinski definition) is 1. The van der Waals surface area contributed by atoms with Gasteiger partial charge in [0.05, 0.1) is 12.2 Å². The smallest absolute Gasteiger partial charge is 0.278 e. The molecule has 7 heteroatoms. The van der Waals surface area contributed by atoms with Crippen LogP contribution in [0, 0.1) is 5.92 Å². The van der Waals surface area contributed by atoms with Crippen LogP contribution < -0.4 is 19.5 Å². The van der Waals surface area contributed by atoms with Gasteiger partial charge in [0, 0.05) is 18.3 Å². The predicted molar refractivity (Wildman–Crippen MR) is 117 cm³/mol. The molecule has 2 aromatic rings. The summed E-state index contributed by atoms with van der Waals surface area (Å²) in [7, 11) is 0. The summed E-state index contributed by atoms with van der Waals surface area (Å²) in [5.41, 5.74) is 1.92. The number of carbonyl (C=O) groups is 2. The van der Waals surface area contributed by atoms with E-state index in [4.69, 9.17) is 14.2 Å². The van der Waals surface area contributed by atoms with E-state index in [1.807, 2.05) is 45.0 Å². The Morgan fingerprint density at radius 1 is 1.03 bits per heavy atom. The topological polar surface area (TPSA) is 77.1 Å². The normalized spacial score (nSPS) is 15.3. The summed E-state index contributed by atoms with van der Waals surface area (Å²) in [6.07, 6.45) is 0.910. The van der Waals surface area contributed by atoms with Crippen LogP contribution in [0.15, 0.2) is 48.2 Å². The van der Waals surface area contributed by atoms with Crippen LogP contribution in [-0.4, -0.2) is 36.7 Å². The fourth-order valence-corrected chi connectivity index (χ4v) is 3.55. The molecule has 0 saturated carbocycles. The molecule has 0 aliphatic carbocycles. The van der Waals surface area contributed by atoms with Crippen LogP contribution in [0.3, 0.4) is 0 Å². The molecule has 0 bridgehead atoms. The molecule has 4 rings (SSSR count). The largest absolute Gasteiger partial charge is 0.494 e. The van der Waals surface area contributed by atoms with Gasteiger partial charge in [-0.3, -0.25) is 14.5 Å². The van der Waals surface area contributed by atoms with E-state index in [2.05, 4.69) is 5.32 Å². The van der Waals surface area contributed by atoms with Crippen LogP contribution in [-0.2, 0) is 9.59 Å². The standard InChI is InChI=1S/C24H26N2O5/c1-4-11-29-18-8-5-16(6-9-18)21-22(24(28)26(23(21)27)13-15(2)3)25-17-7-10-19-20(12-17)31-14-30-19/h5-10,12,15,25H,4,11,13-14H2,1-3H3. The fraction of sp³-hybridized carbons (Fsp3) is 0.333. The van der Waals surface area contributed by atoms with Crippen molar-refractivity contribution in [3.8, 4) is 17.2 Å². The molecular weight excluding hydrogens is 396 g/mol. The van der Waals surface area contributed by atoms with Crippen LogP contribution in [0.1, 0.15) is 32.8 Å². The first-order valence-corrected chi connectivity index (χ1v) is 10.5. The maximum absolute atomic E-state index is 13.2. The van der Waals surface area contributed by atoms with Gasteiger partial charge in [0.25, 0.3) is 11.8 Å². The van der Waals surface area contributed by atoms with Crippen molar-refractivity contribution in [1.29, 1.82) is 0 Å². The summed E-state index contributed by atoms with van der Waals surface area (Å²) in [6.45, 7) is 7.13. The number of imide groups is 1. The molecule has 0 atom stereocenters. The van der Waals surface area contributed by atoms with Gasteiger partial charge in [-0.2, -0.15) is 0 Å². The van der Waals surface area contributed by atoms with Crippen molar-refractivity contribution in [3.63, 3.8) is 0 Å². The van der Waals surface area contributed by atoms with E-state index in [0.29, 0.717) is 41.5 Å². The first-order chi connectivity index (χ1) is 15.0. The number of fused-ring (bicyclic) bond motifs is 1. The van der Waals surface area contributed by atoms with E-state index in [9.17, 15) is 9.59 Å². The van der Waals surface area contributed by atoms with Crippen molar-refractivity contribution in [3.05, 3.63) is 53.7 Å². The summed E-state index contributed by atoms with van der Waals surface area (Å²) >= 11 is 0. The number of nitrogens with zero attached hydrogens (tertiary/aromatic N) is 1. The highest BCUT2D eigenvalue weighted by molar-refractivity contribution is 6.36. The second-order valence-electron chi connectivity index (χ2n) is 7.93. The van der Waals surface area contributed by atoms with Crippen LogP contribution in [0.25, 0.3) is 5.57 Å². The summed E-state index contributed by atoms with van der Waals surface area (Å²) in [5.74, 6) is 1.50. The first-order valence-electron chi connectivity index (χ1n) is 10.5. The average Bonchev–Trinajstić information content (AvgIpc) is 3.31. The maximum atomic E-state index is 13.2. The maximum Gasteiger partial charge on any atom is 0.278 e. The molecule has 0 unspecified atom stereocenters. The lowest BCUT2D eigenvalue weighted by molar-refractivity contribution is -0.137. The SMILES string of the molecule is CCCOc1ccc(C2=C(Nc3ccc4c(c3)OCO4)C(=O)N(CC(C)C)C2=O)cc1. The minimum atomic E-state index is -0.335. The Kier molecular flexibility index (Phi) is 5.84. The van der Waals surface area contributed by atoms with Gasteiger partial charge in [-0.25, -0.2) is 0 Å². The van der Waals surface area contributed by atoms with E-state index in [0.717, 1.165) is 12.2 Å². The molecule has 31 heavy (non-hydrogen) atoms. The second kappa shape index (κ2) is 8.71. The molecule has 2 heterocycles. The fourth-order valence-electron chi connectivity index (χ4n) is 3.55. The Balaban J connectivity index is 1.69. The number of rotatable bonds is 8. The van der Waals surface area contributed by atoms with Gasteiger partial charge in [0.15, 0.2) is 11.5 Å². The monoisotopic (exact) mass is 422 g/mol. The third kappa shape index (κ3) is 4.21. The molecule has 0 radical (unpaired) electrons. The zero-order valence-electron chi connectivity index (χ0n) is 17.9. The molecule has 162 valence electrons. The Labute approximate surface area is 181 Å². The minimum absolute atomic E-state index is 0.156. The van der Waals surface area contributed by atoms with E-state index < -0.39 is 0 Å². The zero-order chi connectivity index (χ0) is 22.0. The van der Waals surface area contributed by atoms with Crippen molar-refractivity contribution < 1.29 is 23.8 Å². The molecule has 2 aromatic carbocycles. The summed E-state index contributed by atoms with van der Waals surface area (Å²) in [4.78, 5) is 27.7. The van der Waals surface area contributed by atoms with Crippen molar-refractivity contribution in [1.82, 2.24) is 4.90 Å². The van der Waals surface area contributed by atoms with Gasteiger partial charge in [-0.1, -0.05) is 32.9 Å². The van der Waals surface area contributed by atoms with Crippen molar-refractivity contribution in [2.45, 2.75) is 27.2 Å². The van der Waals surface area contributed by atoms with E-state index in [1.165, 1.54) is 4.90 Å². The van der Waals surface area contributed by atoms with Gasteiger partial charge < -0.3 is 19.5 Å². The summed E-state index contributed by atoms with van der Waals surface area (Å²) in [6, 6.07) is 12.6. The average molecular weight is 422 g/mol. The number of nitrogens with one attached hydrogen (secondary N) is 1. The Morgan fingerprint density at radius 3 is 2.48 bits per heavy atom. The van der Waals surface area contributed by atoms with E-state index >= 15 is 0 Å². The molecule has 1 N–H and O–H groups in total. The highest BCUT2D eigenvalue weighted by Gasteiger charge is 2.39. The quantitative estimate of drug-likeness (QED) is 0.647. The molecule has 7 nitrogen and oxygen atoms in total. The Bertz CT molecular complexity index is 1030. The molecule has 0 aromatic heterocycles. The molecule has 2 aliphatic rings. The summed E-state index contributed by atoms with van der Waals surface area (Å²) in [5, 5.41) is 3.15. The molecule has 0 spiro atoms. The molecule has 0 fully saturated rings. The van der Waals surface area contributed by atoms with Gasteiger partial charge in [0.1, 0.15) is 11.4 Å². The van der Waals surface area contributed by atoms with Crippen LogP contribution in [0.4, 0.5) is 5.69 Å². The zero-order valence-corrected chi connectivity index (χ0v) is 17.9. The number of anilines is 1. The van der Waals surface area contributed by atoms with E-state index in [1.54, 1.807) is 18.2 Å². The highest BCUT2D eigenvalue weighted by atomic mass is 16.7. The second-order valence-corrected chi connectivity index (χ2v) is 7.93. The van der Waals surface area contributed by atoms with Crippen LogP contribution >= 0.6 is 0 Å². The minimum Gasteiger partial charge on any atom is -0.494 e. The predicted octanol–water partition coefficient (Wildman–Crippen LogP) is 4.05. The lowest BCUT2D eigenvalue weighted by Gasteiger charge is -2.17. The number of benzene rings is 2. The van der Waals surface area contributed by atoms with Gasteiger partial charge >= 0.3 is 0 Å². The van der Waals surface area contributed by atoms with Gasteiger partial charge in [0.2, 0.25) is 6.79 Å². The number of carbonyl (C=O) groups excluding carboxylic acids is 2. The lowest BCUT2D eigenvalue weighted by Crippen LogP contribution is -2.35. The van der Waals surface area contributed by atoms with Crippen LogP contribution in [0.2, 0.25) is 0 Å². The lowest BCUT2D eigenvalue weighted by atomic mass is 10.0. The molecular formula is C24H26N2O5. The van der Waals surface area contributed by atoms with Gasteiger partial charge in [-0.15, -0.1) is 0 Å². The summed E-state index contributed by atoms with van der Waals surface area (Å²) < 4.78 is 16.4. The van der Waals surface area contributed by atoms with Crippen molar-refractivity contribution >= 4 is 23.1 Å². The van der Waals surface area contributed by atoms with Crippen molar-refractivity contribution in [2.24, 2.45) is 5.92 Å². The number of ether oxygens (including phenoxy) is 3.